The molecule has 3 rings (SSSR count). The van der Waals surface area contributed by atoms with Crippen LogP contribution in [0.1, 0.15) is 5.82 Å². The molecule has 20 heavy (non-hydrogen) atoms. The first kappa shape index (κ1) is 12.7. The maximum Gasteiger partial charge on any atom is 0.204 e. The summed E-state index contributed by atoms with van der Waals surface area (Å²) in [6, 6.07) is 5.33. The topological polar surface area (TPSA) is 64.3 Å². The molecule has 0 unspecified atom stereocenters. The molecule has 2 heterocycles. The third-order valence-corrected chi connectivity index (χ3v) is 3.15. The van der Waals surface area contributed by atoms with Crippen LogP contribution in [0.25, 0.3) is 5.65 Å². The van der Waals surface area contributed by atoms with E-state index in [1.165, 1.54) is 0 Å². The zero-order valence-electron chi connectivity index (χ0n) is 11.0. The molecule has 6 nitrogen and oxygen atoms in total. The van der Waals surface area contributed by atoms with Gasteiger partial charge in [0.25, 0.3) is 0 Å². The first-order chi connectivity index (χ1) is 9.69. The molecule has 7 heteroatoms. The molecule has 0 aliphatic carbocycles. The van der Waals surface area contributed by atoms with Gasteiger partial charge in [-0.15, -0.1) is 10.2 Å². The number of aromatic nitrogens is 4. The molecular weight excluding hydrogens is 278 g/mol. The second-order valence-corrected chi connectivity index (χ2v) is 4.62. The highest BCUT2D eigenvalue weighted by Gasteiger charge is 2.10. The van der Waals surface area contributed by atoms with E-state index in [2.05, 4.69) is 20.5 Å². The van der Waals surface area contributed by atoms with Crippen LogP contribution in [0, 0.1) is 6.92 Å². The van der Waals surface area contributed by atoms with Crippen molar-refractivity contribution in [3.63, 3.8) is 0 Å². The molecule has 0 aliphatic rings. The molecule has 0 aliphatic heterocycles. The Hall–Kier alpha value is -2.34. The number of benzene rings is 1. The van der Waals surface area contributed by atoms with Crippen molar-refractivity contribution in [3.8, 4) is 5.75 Å². The lowest BCUT2D eigenvalue weighted by Gasteiger charge is -2.11. The quantitative estimate of drug-likeness (QED) is 0.803. The van der Waals surface area contributed by atoms with Crippen molar-refractivity contribution < 1.29 is 4.74 Å². The van der Waals surface area contributed by atoms with Gasteiger partial charge in [0, 0.05) is 17.4 Å². The molecular formula is C13H12ClN5O. The molecule has 0 atom stereocenters. The fourth-order valence-corrected chi connectivity index (χ4v) is 2.11. The van der Waals surface area contributed by atoms with Crippen LogP contribution in [0.2, 0.25) is 5.02 Å². The summed E-state index contributed by atoms with van der Waals surface area (Å²) < 4.78 is 7.15. The third kappa shape index (κ3) is 2.14. The average Bonchev–Trinajstić information content (AvgIpc) is 2.82. The Balaban J connectivity index is 2.07. The fourth-order valence-electron chi connectivity index (χ4n) is 1.94. The molecule has 0 amide bonds. The predicted molar refractivity (Wildman–Crippen MR) is 76.8 cm³/mol. The molecule has 0 fully saturated rings. The number of nitrogens with zero attached hydrogens (tertiary/aromatic N) is 4. The van der Waals surface area contributed by atoms with Gasteiger partial charge < -0.3 is 10.1 Å². The fraction of sp³-hybridized carbons (Fsp3) is 0.154. The molecule has 0 spiro atoms. The van der Waals surface area contributed by atoms with Crippen LogP contribution >= 0.6 is 11.6 Å². The smallest absolute Gasteiger partial charge is 0.204 e. The molecule has 0 radical (unpaired) electrons. The highest BCUT2D eigenvalue weighted by molar-refractivity contribution is 6.31. The van der Waals surface area contributed by atoms with Crippen LogP contribution in [0.3, 0.4) is 0 Å². The zero-order valence-corrected chi connectivity index (χ0v) is 11.7. The van der Waals surface area contributed by atoms with E-state index in [0.717, 1.165) is 11.5 Å². The van der Waals surface area contributed by atoms with E-state index in [0.29, 0.717) is 22.2 Å². The van der Waals surface area contributed by atoms with Gasteiger partial charge in [-0.05, 0) is 25.1 Å². The summed E-state index contributed by atoms with van der Waals surface area (Å²) in [5, 5.41) is 11.9. The van der Waals surface area contributed by atoms with Crippen LogP contribution in [0.15, 0.2) is 30.6 Å². The average molecular weight is 290 g/mol. The molecule has 2 aromatic heterocycles. The van der Waals surface area contributed by atoms with Crippen molar-refractivity contribution in [2.24, 2.45) is 0 Å². The summed E-state index contributed by atoms with van der Waals surface area (Å²) >= 11 is 6.01. The number of halogens is 1. The largest absolute Gasteiger partial charge is 0.495 e. The second kappa shape index (κ2) is 4.97. The lowest BCUT2D eigenvalue weighted by Crippen LogP contribution is -2.00. The van der Waals surface area contributed by atoms with E-state index in [-0.39, 0.29) is 0 Å². The maximum atomic E-state index is 6.01. The van der Waals surface area contributed by atoms with E-state index in [1.807, 2.05) is 17.5 Å². The van der Waals surface area contributed by atoms with Crippen molar-refractivity contribution in [2.45, 2.75) is 6.92 Å². The summed E-state index contributed by atoms with van der Waals surface area (Å²) in [5.41, 5.74) is 1.37. The monoisotopic (exact) mass is 289 g/mol. The van der Waals surface area contributed by atoms with Crippen molar-refractivity contribution in [2.75, 3.05) is 12.4 Å². The summed E-state index contributed by atoms with van der Waals surface area (Å²) in [5.74, 6) is 2.06. The number of anilines is 2. The number of aryl methyl sites for hydroxylation is 1. The summed E-state index contributed by atoms with van der Waals surface area (Å²) in [4.78, 5) is 4.29. The molecule has 102 valence electrons. The van der Waals surface area contributed by atoms with Crippen molar-refractivity contribution in [1.29, 1.82) is 0 Å². The molecule has 0 saturated carbocycles. The number of hydrogen-bond donors (Lipinski definition) is 1. The molecule has 0 bridgehead atoms. The van der Waals surface area contributed by atoms with E-state index >= 15 is 0 Å². The minimum Gasteiger partial charge on any atom is -0.495 e. The SMILES string of the molecule is COc1ccc(Cl)cc1Nc1nccn2c(C)nnc12. The number of ether oxygens (including phenoxy) is 1. The molecule has 1 aromatic carbocycles. The highest BCUT2D eigenvalue weighted by Crippen LogP contribution is 2.30. The Morgan fingerprint density at radius 1 is 1.30 bits per heavy atom. The van der Waals surface area contributed by atoms with Crippen LogP contribution in [0.5, 0.6) is 5.75 Å². The number of fused-ring (bicyclic) bond motifs is 1. The molecule has 1 N–H and O–H groups in total. The lowest BCUT2D eigenvalue weighted by atomic mass is 10.3. The summed E-state index contributed by atoms with van der Waals surface area (Å²) in [7, 11) is 1.60. The summed E-state index contributed by atoms with van der Waals surface area (Å²) in [6.07, 6.45) is 3.49. The van der Waals surface area contributed by atoms with Crippen LogP contribution in [-0.4, -0.2) is 26.7 Å². The molecule has 3 aromatic rings. The normalized spacial score (nSPS) is 10.8. The van der Waals surface area contributed by atoms with Gasteiger partial charge in [0.15, 0.2) is 5.82 Å². The van der Waals surface area contributed by atoms with E-state index < -0.39 is 0 Å². The second-order valence-electron chi connectivity index (χ2n) is 4.19. The van der Waals surface area contributed by atoms with Gasteiger partial charge in [0.05, 0.1) is 12.8 Å². The lowest BCUT2D eigenvalue weighted by molar-refractivity contribution is 0.417. The first-order valence-corrected chi connectivity index (χ1v) is 6.34. The van der Waals surface area contributed by atoms with Gasteiger partial charge in [0.2, 0.25) is 5.65 Å². The first-order valence-electron chi connectivity index (χ1n) is 5.96. The maximum absolute atomic E-state index is 6.01. The zero-order chi connectivity index (χ0) is 14.1. The van der Waals surface area contributed by atoms with Gasteiger partial charge in [-0.25, -0.2) is 4.98 Å². The third-order valence-electron chi connectivity index (χ3n) is 2.91. The molecule has 0 saturated heterocycles. The number of methoxy groups -OCH3 is 1. The Kier molecular flexibility index (Phi) is 3.15. The highest BCUT2D eigenvalue weighted by atomic mass is 35.5. The number of nitrogens with one attached hydrogen (secondary N) is 1. The van der Waals surface area contributed by atoms with Crippen molar-refractivity contribution in [1.82, 2.24) is 19.6 Å². The van der Waals surface area contributed by atoms with Crippen LogP contribution in [0.4, 0.5) is 11.5 Å². The van der Waals surface area contributed by atoms with Crippen molar-refractivity contribution >= 4 is 28.8 Å². The van der Waals surface area contributed by atoms with E-state index in [4.69, 9.17) is 16.3 Å². The Morgan fingerprint density at radius 3 is 2.95 bits per heavy atom. The Bertz CT molecular complexity index is 771. The number of hydrogen-bond acceptors (Lipinski definition) is 5. The minimum absolute atomic E-state index is 0.591. The van der Waals surface area contributed by atoms with Gasteiger partial charge in [-0.1, -0.05) is 11.6 Å². The van der Waals surface area contributed by atoms with E-state index in [1.54, 1.807) is 31.5 Å². The minimum atomic E-state index is 0.591. The number of rotatable bonds is 3. The Labute approximate surface area is 120 Å². The van der Waals surface area contributed by atoms with Crippen LogP contribution < -0.4 is 10.1 Å². The van der Waals surface area contributed by atoms with Gasteiger partial charge in [0.1, 0.15) is 11.6 Å². The van der Waals surface area contributed by atoms with Gasteiger partial charge in [-0.3, -0.25) is 4.40 Å². The van der Waals surface area contributed by atoms with E-state index in [9.17, 15) is 0 Å². The van der Waals surface area contributed by atoms with Gasteiger partial charge >= 0.3 is 0 Å². The van der Waals surface area contributed by atoms with Gasteiger partial charge in [-0.2, -0.15) is 0 Å². The van der Waals surface area contributed by atoms with Crippen molar-refractivity contribution in [3.05, 3.63) is 41.4 Å². The predicted octanol–water partition coefficient (Wildman–Crippen LogP) is 2.84. The Morgan fingerprint density at radius 2 is 2.15 bits per heavy atom. The van der Waals surface area contributed by atoms with Crippen LogP contribution in [-0.2, 0) is 0 Å². The summed E-state index contributed by atoms with van der Waals surface area (Å²) in [6.45, 7) is 1.88. The standard InChI is InChI=1S/C13H12ClN5O/c1-8-17-18-13-12(15-5-6-19(8)13)16-10-7-9(14)3-4-11(10)20-2/h3-7H,1-2H3,(H,15,16).